The summed E-state index contributed by atoms with van der Waals surface area (Å²) in [6.07, 6.45) is 0.792. The van der Waals surface area contributed by atoms with Gasteiger partial charge in [-0.15, -0.1) is 0 Å². The number of carbonyl (C=O) groups excluding carboxylic acids is 1. The topological polar surface area (TPSA) is 73.8 Å². The predicted molar refractivity (Wildman–Crippen MR) is 131 cm³/mol. The second-order valence-electron chi connectivity index (χ2n) is 8.22. The van der Waals surface area contributed by atoms with E-state index in [1.807, 2.05) is 52.2 Å². The highest BCUT2D eigenvalue weighted by molar-refractivity contribution is 7.89. The molecule has 0 saturated carbocycles. The molecule has 1 heterocycles. The van der Waals surface area contributed by atoms with Gasteiger partial charge in [0.1, 0.15) is 0 Å². The summed E-state index contributed by atoms with van der Waals surface area (Å²) >= 11 is 1.48. The SMILES string of the molecule is CC(C)N(C)S(=O)(=O)c1ccc(C(=O)N(CCCN(C)C)c2nc3ccccc3s2)cc1. The molecule has 1 aromatic heterocycles. The summed E-state index contributed by atoms with van der Waals surface area (Å²) in [4.78, 5) is 22.0. The van der Waals surface area contributed by atoms with Gasteiger partial charge in [-0.2, -0.15) is 4.31 Å². The predicted octanol–water partition coefficient (Wildman–Crippen LogP) is 3.92. The van der Waals surface area contributed by atoms with Crippen LogP contribution in [0.2, 0.25) is 0 Å². The van der Waals surface area contributed by atoms with Gasteiger partial charge in [0, 0.05) is 25.2 Å². The van der Waals surface area contributed by atoms with Crippen molar-refractivity contribution in [1.29, 1.82) is 0 Å². The van der Waals surface area contributed by atoms with E-state index in [1.165, 1.54) is 27.8 Å². The van der Waals surface area contributed by atoms with Crippen molar-refractivity contribution in [3.63, 3.8) is 0 Å². The van der Waals surface area contributed by atoms with E-state index in [1.54, 1.807) is 24.1 Å². The second kappa shape index (κ2) is 10.1. The fourth-order valence-corrected chi connectivity index (χ4v) is 5.53. The monoisotopic (exact) mass is 474 g/mol. The summed E-state index contributed by atoms with van der Waals surface area (Å²) in [7, 11) is 1.95. The molecule has 0 aliphatic heterocycles. The molecule has 0 saturated heterocycles. The van der Waals surface area contributed by atoms with Crippen LogP contribution in [0.3, 0.4) is 0 Å². The Morgan fingerprint density at radius 1 is 1.00 bits per heavy atom. The fourth-order valence-electron chi connectivity index (χ4n) is 3.17. The number of anilines is 1. The first kappa shape index (κ1) is 24.3. The number of thiazole rings is 1. The quantitative estimate of drug-likeness (QED) is 0.470. The number of carbonyl (C=O) groups is 1. The number of hydrogen-bond donors (Lipinski definition) is 0. The third kappa shape index (κ3) is 5.35. The number of fused-ring (bicyclic) bond motifs is 1. The van der Waals surface area contributed by atoms with E-state index in [0.717, 1.165) is 23.2 Å². The zero-order valence-electron chi connectivity index (χ0n) is 19.1. The Bertz CT molecular complexity index is 1140. The molecule has 0 aliphatic rings. The molecule has 0 radical (unpaired) electrons. The molecule has 0 aliphatic carbocycles. The van der Waals surface area contributed by atoms with Crippen LogP contribution in [0, 0.1) is 0 Å². The Kier molecular flexibility index (Phi) is 7.66. The van der Waals surface area contributed by atoms with Gasteiger partial charge in [0.05, 0.1) is 15.1 Å². The summed E-state index contributed by atoms with van der Waals surface area (Å²) in [5.74, 6) is -0.191. The lowest BCUT2D eigenvalue weighted by atomic mass is 10.2. The molecule has 32 heavy (non-hydrogen) atoms. The number of benzene rings is 2. The molecule has 3 aromatic rings. The van der Waals surface area contributed by atoms with E-state index in [-0.39, 0.29) is 16.8 Å². The molecule has 1 amide bonds. The molecule has 2 aromatic carbocycles. The molecule has 9 heteroatoms. The first-order valence-electron chi connectivity index (χ1n) is 10.5. The fraction of sp³-hybridized carbons (Fsp3) is 0.391. The molecular weight excluding hydrogens is 444 g/mol. The van der Waals surface area contributed by atoms with Gasteiger partial charge < -0.3 is 4.90 Å². The van der Waals surface area contributed by atoms with Crippen LogP contribution in [0.4, 0.5) is 5.13 Å². The first-order valence-corrected chi connectivity index (χ1v) is 12.8. The van der Waals surface area contributed by atoms with Gasteiger partial charge in [0.2, 0.25) is 10.0 Å². The zero-order chi connectivity index (χ0) is 23.5. The van der Waals surface area contributed by atoms with Crippen LogP contribution >= 0.6 is 11.3 Å². The largest absolute Gasteiger partial charge is 0.309 e. The van der Waals surface area contributed by atoms with Crippen LogP contribution in [-0.2, 0) is 10.0 Å². The Morgan fingerprint density at radius 2 is 1.66 bits per heavy atom. The minimum Gasteiger partial charge on any atom is -0.309 e. The maximum absolute atomic E-state index is 13.4. The standard InChI is InChI=1S/C23H30N4O3S2/c1-17(2)26(5)32(29,30)19-13-11-18(12-14-19)22(28)27(16-8-15-25(3)4)23-24-20-9-6-7-10-21(20)31-23/h6-7,9-14,17H,8,15-16H2,1-5H3. The number of nitrogens with zero attached hydrogens (tertiary/aromatic N) is 4. The van der Waals surface area contributed by atoms with Crippen molar-refractivity contribution >= 4 is 42.6 Å². The van der Waals surface area contributed by atoms with Gasteiger partial charge in [-0.05, 0) is 77.3 Å². The molecule has 3 rings (SSSR count). The lowest BCUT2D eigenvalue weighted by Gasteiger charge is -2.22. The lowest BCUT2D eigenvalue weighted by Crippen LogP contribution is -2.34. The Balaban J connectivity index is 1.90. The van der Waals surface area contributed by atoms with Gasteiger partial charge >= 0.3 is 0 Å². The van der Waals surface area contributed by atoms with Crippen molar-refractivity contribution in [3.05, 3.63) is 54.1 Å². The Hall–Kier alpha value is -2.33. The highest BCUT2D eigenvalue weighted by Crippen LogP contribution is 2.30. The lowest BCUT2D eigenvalue weighted by molar-refractivity contribution is 0.0986. The van der Waals surface area contributed by atoms with E-state index in [4.69, 9.17) is 0 Å². The number of para-hydroxylation sites is 1. The summed E-state index contributed by atoms with van der Waals surface area (Å²) in [6, 6.07) is 13.8. The minimum absolute atomic E-state index is 0.160. The smallest absolute Gasteiger partial charge is 0.260 e. The van der Waals surface area contributed by atoms with Crippen LogP contribution in [0.5, 0.6) is 0 Å². The van der Waals surface area contributed by atoms with Gasteiger partial charge in [0.25, 0.3) is 5.91 Å². The molecule has 7 nitrogen and oxygen atoms in total. The molecule has 0 fully saturated rings. The highest BCUT2D eigenvalue weighted by Gasteiger charge is 2.25. The van der Waals surface area contributed by atoms with Crippen molar-refractivity contribution in [1.82, 2.24) is 14.2 Å². The minimum atomic E-state index is -3.60. The number of sulfonamides is 1. The molecule has 0 atom stereocenters. The van der Waals surface area contributed by atoms with Crippen LogP contribution in [-0.4, -0.2) is 68.8 Å². The van der Waals surface area contributed by atoms with Gasteiger partial charge in [-0.1, -0.05) is 23.5 Å². The van der Waals surface area contributed by atoms with Crippen LogP contribution in [0.25, 0.3) is 10.2 Å². The van der Waals surface area contributed by atoms with Crippen molar-refractivity contribution in [2.75, 3.05) is 39.1 Å². The molecule has 172 valence electrons. The third-order valence-electron chi connectivity index (χ3n) is 5.25. The third-order valence-corrected chi connectivity index (χ3v) is 8.36. The first-order chi connectivity index (χ1) is 15.1. The number of rotatable bonds is 9. The van der Waals surface area contributed by atoms with Gasteiger partial charge in [-0.25, -0.2) is 13.4 Å². The maximum atomic E-state index is 13.4. The Labute approximate surface area is 194 Å². The van der Waals surface area contributed by atoms with Crippen LogP contribution < -0.4 is 4.90 Å². The Morgan fingerprint density at radius 3 is 2.25 bits per heavy atom. The van der Waals surface area contributed by atoms with Crippen molar-refractivity contribution in [2.24, 2.45) is 0 Å². The average molecular weight is 475 g/mol. The zero-order valence-corrected chi connectivity index (χ0v) is 20.8. The van der Waals surface area contributed by atoms with E-state index < -0.39 is 10.0 Å². The second-order valence-corrected chi connectivity index (χ2v) is 11.2. The molecular formula is C23H30N4O3S2. The highest BCUT2D eigenvalue weighted by atomic mass is 32.2. The van der Waals surface area contributed by atoms with Gasteiger partial charge in [0.15, 0.2) is 5.13 Å². The van der Waals surface area contributed by atoms with Gasteiger partial charge in [-0.3, -0.25) is 9.69 Å². The maximum Gasteiger partial charge on any atom is 0.260 e. The van der Waals surface area contributed by atoms with E-state index >= 15 is 0 Å². The van der Waals surface area contributed by atoms with E-state index in [0.29, 0.717) is 17.2 Å². The summed E-state index contributed by atoms with van der Waals surface area (Å²) in [5.41, 5.74) is 1.29. The van der Waals surface area contributed by atoms with E-state index in [2.05, 4.69) is 9.88 Å². The average Bonchev–Trinajstić information content (AvgIpc) is 3.19. The van der Waals surface area contributed by atoms with Crippen molar-refractivity contribution in [3.8, 4) is 0 Å². The molecule has 0 unspecified atom stereocenters. The van der Waals surface area contributed by atoms with E-state index in [9.17, 15) is 13.2 Å². The van der Waals surface area contributed by atoms with Crippen LogP contribution in [0.15, 0.2) is 53.4 Å². The molecule has 0 N–H and O–H groups in total. The number of amides is 1. The molecule has 0 spiro atoms. The normalized spacial score (nSPS) is 12.2. The summed E-state index contributed by atoms with van der Waals surface area (Å²) in [5, 5.41) is 0.645. The number of aromatic nitrogens is 1. The van der Waals surface area contributed by atoms with Crippen molar-refractivity contribution < 1.29 is 13.2 Å². The number of hydrogen-bond acceptors (Lipinski definition) is 6. The summed E-state index contributed by atoms with van der Waals surface area (Å²) in [6.45, 7) is 5.00. The van der Waals surface area contributed by atoms with Crippen molar-refractivity contribution in [2.45, 2.75) is 31.2 Å². The molecule has 0 bridgehead atoms. The summed E-state index contributed by atoms with van der Waals surface area (Å²) < 4.78 is 27.8. The van der Waals surface area contributed by atoms with Crippen LogP contribution in [0.1, 0.15) is 30.6 Å².